The van der Waals surface area contributed by atoms with Gasteiger partial charge in [0, 0.05) is 42.9 Å². The molecule has 1 fully saturated rings. The fourth-order valence-corrected chi connectivity index (χ4v) is 4.31. The summed E-state index contributed by atoms with van der Waals surface area (Å²) >= 11 is 0. The van der Waals surface area contributed by atoms with E-state index in [-0.39, 0.29) is 17.6 Å². The molecule has 5 rings (SSSR count). The number of amides is 1. The molecule has 1 amide bonds. The number of likely N-dealkylation sites (tertiary alicyclic amines) is 1. The van der Waals surface area contributed by atoms with Crippen LogP contribution >= 0.6 is 0 Å². The van der Waals surface area contributed by atoms with Crippen molar-refractivity contribution in [1.29, 1.82) is 0 Å². The number of aromatic nitrogens is 3. The van der Waals surface area contributed by atoms with Gasteiger partial charge in [0.2, 0.25) is 0 Å². The molecule has 4 aromatic rings. The number of benzene rings is 2. The fraction of sp³-hybridized carbons (Fsp3) is 0.240. The van der Waals surface area contributed by atoms with Crippen LogP contribution in [0.2, 0.25) is 0 Å². The largest absolute Gasteiger partial charge is 0.338 e. The molecule has 156 valence electrons. The number of rotatable bonds is 3. The van der Waals surface area contributed by atoms with Crippen molar-refractivity contribution in [2.75, 3.05) is 13.1 Å². The molecule has 1 unspecified atom stereocenters. The first-order chi connectivity index (χ1) is 15.1. The van der Waals surface area contributed by atoms with Crippen LogP contribution < -0.4 is 0 Å². The maximum absolute atomic E-state index is 13.3. The van der Waals surface area contributed by atoms with Crippen molar-refractivity contribution in [2.45, 2.75) is 18.8 Å². The highest BCUT2D eigenvalue weighted by molar-refractivity contribution is 5.97. The molecule has 1 aliphatic rings. The van der Waals surface area contributed by atoms with Crippen molar-refractivity contribution in [2.24, 2.45) is 7.05 Å². The summed E-state index contributed by atoms with van der Waals surface area (Å²) in [5.41, 5.74) is 5.18. The lowest BCUT2D eigenvalue weighted by Crippen LogP contribution is -2.39. The van der Waals surface area contributed by atoms with Gasteiger partial charge >= 0.3 is 0 Å². The molecule has 31 heavy (non-hydrogen) atoms. The summed E-state index contributed by atoms with van der Waals surface area (Å²) in [6, 6.07) is 18.0. The van der Waals surface area contributed by atoms with Crippen LogP contribution in [0.15, 0.2) is 67.0 Å². The average Bonchev–Trinajstić information content (AvgIpc) is 3.19. The van der Waals surface area contributed by atoms with E-state index >= 15 is 0 Å². The molecule has 0 N–H and O–H groups in total. The van der Waals surface area contributed by atoms with Crippen LogP contribution in [0.5, 0.6) is 0 Å². The summed E-state index contributed by atoms with van der Waals surface area (Å²) in [6.45, 7) is 1.38. The number of carbonyl (C=O) groups is 1. The smallest absolute Gasteiger partial charge is 0.253 e. The van der Waals surface area contributed by atoms with Crippen LogP contribution in [0, 0.1) is 5.82 Å². The van der Waals surface area contributed by atoms with Crippen molar-refractivity contribution in [3.05, 3.63) is 84.1 Å². The lowest BCUT2D eigenvalue weighted by atomic mass is 9.93. The molecule has 0 spiro atoms. The SMILES string of the molecule is Cn1cnc2cc(C(=O)N3CCCC(c4cccc(-c5ccc(F)cc5)n4)C3)ccc21. The van der Waals surface area contributed by atoms with Gasteiger partial charge in [-0.2, -0.15) is 0 Å². The number of carbonyl (C=O) groups excluding carboxylic acids is 1. The lowest BCUT2D eigenvalue weighted by molar-refractivity contribution is 0.0706. The Balaban J connectivity index is 1.36. The van der Waals surface area contributed by atoms with Crippen molar-refractivity contribution in [1.82, 2.24) is 19.4 Å². The highest BCUT2D eigenvalue weighted by Crippen LogP contribution is 2.29. The number of hydrogen-bond acceptors (Lipinski definition) is 3. The third-order valence-electron chi connectivity index (χ3n) is 6.01. The molecule has 0 saturated carbocycles. The van der Waals surface area contributed by atoms with Crippen LogP contribution in [-0.2, 0) is 7.05 Å². The molecule has 3 heterocycles. The van der Waals surface area contributed by atoms with E-state index in [0.29, 0.717) is 12.1 Å². The first kappa shape index (κ1) is 19.4. The second kappa shape index (κ2) is 7.95. The number of fused-ring (bicyclic) bond motifs is 1. The van der Waals surface area contributed by atoms with E-state index in [1.807, 2.05) is 52.9 Å². The third-order valence-corrected chi connectivity index (χ3v) is 6.01. The first-order valence-corrected chi connectivity index (χ1v) is 10.5. The molecule has 1 aliphatic heterocycles. The Morgan fingerprint density at radius 3 is 2.77 bits per heavy atom. The minimum Gasteiger partial charge on any atom is -0.338 e. The third kappa shape index (κ3) is 3.81. The summed E-state index contributed by atoms with van der Waals surface area (Å²) in [5, 5.41) is 0. The van der Waals surface area contributed by atoms with Gasteiger partial charge in [0.1, 0.15) is 5.82 Å². The standard InChI is InChI=1S/C25H23FN4O/c1-29-16-27-23-14-18(9-12-24(23)29)25(31)30-13-3-4-19(15-30)22-6-2-5-21(28-22)17-7-10-20(26)11-8-17/h2,5-12,14,16,19H,3-4,13,15H2,1H3. The maximum atomic E-state index is 13.3. The van der Waals surface area contributed by atoms with E-state index in [4.69, 9.17) is 4.98 Å². The summed E-state index contributed by atoms with van der Waals surface area (Å²) in [7, 11) is 1.94. The van der Waals surface area contributed by atoms with Gasteiger partial charge in [-0.25, -0.2) is 9.37 Å². The van der Waals surface area contributed by atoms with Gasteiger partial charge in [0.15, 0.2) is 0 Å². The quantitative estimate of drug-likeness (QED) is 0.484. The molecular weight excluding hydrogens is 391 g/mol. The summed E-state index contributed by atoms with van der Waals surface area (Å²) < 4.78 is 15.2. The maximum Gasteiger partial charge on any atom is 0.253 e. The van der Waals surface area contributed by atoms with E-state index in [2.05, 4.69) is 4.98 Å². The zero-order valence-corrected chi connectivity index (χ0v) is 17.3. The van der Waals surface area contributed by atoms with Crippen LogP contribution in [0.25, 0.3) is 22.3 Å². The van der Waals surface area contributed by atoms with Gasteiger partial charge in [-0.1, -0.05) is 6.07 Å². The predicted octanol–water partition coefficient (Wildman–Crippen LogP) is 4.79. The average molecular weight is 414 g/mol. The Labute approximate surface area is 180 Å². The van der Waals surface area contributed by atoms with Crippen molar-refractivity contribution >= 4 is 16.9 Å². The Kier molecular flexibility index (Phi) is 4.98. The summed E-state index contributed by atoms with van der Waals surface area (Å²) in [6.07, 6.45) is 3.68. The van der Waals surface area contributed by atoms with Crippen molar-refractivity contribution in [3.63, 3.8) is 0 Å². The van der Waals surface area contributed by atoms with Gasteiger partial charge in [-0.3, -0.25) is 9.78 Å². The van der Waals surface area contributed by atoms with E-state index < -0.39 is 0 Å². The first-order valence-electron chi connectivity index (χ1n) is 10.5. The van der Waals surface area contributed by atoms with E-state index in [1.165, 1.54) is 12.1 Å². The predicted molar refractivity (Wildman–Crippen MR) is 118 cm³/mol. The monoisotopic (exact) mass is 414 g/mol. The topological polar surface area (TPSA) is 51.0 Å². The molecule has 0 bridgehead atoms. The Morgan fingerprint density at radius 2 is 1.94 bits per heavy atom. The van der Waals surface area contributed by atoms with Crippen LogP contribution in [0.3, 0.4) is 0 Å². The normalized spacial score (nSPS) is 16.6. The highest BCUT2D eigenvalue weighted by Gasteiger charge is 2.26. The van der Waals surface area contributed by atoms with Crippen molar-refractivity contribution in [3.8, 4) is 11.3 Å². The number of piperidine rings is 1. The van der Waals surface area contributed by atoms with Gasteiger partial charge in [0.25, 0.3) is 5.91 Å². The number of pyridine rings is 1. The molecule has 5 nitrogen and oxygen atoms in total. The Morgan fingerprint density at radius 1 is 1.10 bits per heavy atom. The van der Waals surface area contributed by atoms with Crippen LogP contribution in [0.1, 0.15) is 34.8 Å². The molecule has 1 saturated heterocycles. The zero-order valence-electron chi connectivity index (χ0n) is 17.3. The molecule has 1 atom stereocenters. The van der Waals surface area contributed by atoms with E-state index in [1.54, 1.807) is 18.5 Å². The molecule has 2 aromatic carbocycles. The number of halogens is 1. The van der Waals surface area contributed by atoms with Crippen LogP contribution in [-0.4, -0.2) is 38.4 Å². The second-order valence-corrected chi connectivity index (χ2v) is 8.10. The molecule has 0 aliphatic carbocycles. The summed E-state index contributed by atoms with van der Waals surface area (Å²) in [5.74, 6) is -0.0474. The van der Waals surface area contributed by atoms with Crippen LogP contribution in [0.4, 0.5) is 4.39 Å². The molecule has 0 radical (unpaired) electrons. The minimum atomic E-state index is -0.259. The number of hydrogen-bond donors (Lipinski definition) is 0. The minimum absolute atomic E-state index is 0.0342. The van der Waals surface area contributed by atoms with Crippen molar-refractivity contribution < 1.29 is 9.18 Å². The highest BCUT2D eigenvalue weighted by atomic mass is 19.1. The second-order valence-electron chi connectivity index (χ2n) is 8.10. The van der Waals surface area contributed by atoms with Gasteiger partial charge in [-0.15, -0.1) is 0 Å². The Bertz CT molecular complexity index is 1250. The van der Waals surface area contributed by atoms with Gasteiger partial charge in [0.05, 0.1) is 23.1 Å². The molecule has 2 aromatic heterocycles. The lowest BCUT2D eigenvalue weighted by Gasteiger charge is -2.32. The number of aryl methyl sites for hydroxylation is 1. The number of imidazole rings is 1. The number of nitrogens with zero attached hydrogens (tertiary/aromatic N) is 4. The van der Waals surface area contributed by atoms with Gasteiger partial charge in [-0.05, 0) is 67.4 Å². The van der Waals surface area contributed by atoms with E-state index in [9.17, 15) is 9.18 Å². The Hall–Kier alpha value is -3.54. The summed E-state index contributed by atoms with van der Waals surface area (Å²) in [4.78, 5) is 24.3. The van der Waals surface area contributed by atoms with Gasteiger partial charge < -0.3 is 9.47 Å². The zero-order chi connectivity index (χ0) is 21.4. The van der Waals surface area contributed by atoms with E-state index in [0.717, 1.165) is 47.4 Å². The fourth-order valence-electron chi connectivity index (χ4n) is 4.31. The molecular formula is C25H23FN4O. The molecule has 6 heteroatoms.